The Morgan fingerprint density at radius 1 is 1.23 bits per heavy atom. The Labute approximate surface area is 85.6 Å². The Balaban J connectivity index is 4.70. The zero-order valence-electron chi connectivity index (χ0n) is 10.1. The van der Waals surface area contributed by atoms with Crippen molar-refractivity contribution in [2.24, 2.45) is 0 Å². The van der Waals surface area contributed by atoms with Crippen LogP contribution in [0, 0.1) is 0 Å². The zero-order chi connectivity index (χ0) is 10.7. The van der Waals surface area contributed by atoms with Gasteiger partial charge in [0.1, 0.15) is 0 Å². The molecule has 1 atom stereocenters. The van der Waals surface area contributed by atoms with Gasteiger partial charge >= 0.3 is 0 Å². The van der Waals surface area contributed by atoms with Crippen molar-refractivity contribution in [1.29, 1.82) is 0 Å². The van der Waals surface area contributed by atoms with E-state index >= 15 is 0 Å². The van der Waals surface area contributed by atoms with Crippen LogP contribution in [0.1, 0.15) is 6.92 Å². The van der Waals surface area contributed by atoms with Gasteiger partial charge in [-0.05, 0) is 11.8 Å². The molecule has 0 amide bonds. The van der Waals surface area contributed by atoms with Crippen LogP contribution in [-0.2, 0) is 0 Å². The van der Waals surface area contributed by atoms with E-state index in [1.54, 1.807) is 0 Å². The molecule has 0 aromatic rings. The molecular formula is C10H25NSi2. The second kappa shape index (κ2) is 4.57. The molecule has 0 aromatic carbocycles. The molecule has 0 saturated heterocycles. The third kappa shape index (κ3) is 3.79. The van der Waals surface area contributed by atoms with Crippen LogP contribution >= 0.6 is 0 Å². The van der Waals surface area contributed by atoms with Gasteiger partial charge in [-0.3, -0.25) is 0 Å². The highest BCUT2D eigenvalue weighted by molar-refractivity contribution is 6.99. The Bertz CT molecular complexity index is 170. The molecule has 0 aliphatic rings. The molecule has 0 bridgehead atoms. The van der Waals surface area contributed by atoms with Crippen LogP contribution in [0.3, 0.4) is 0 Å². The van der Waals surface area contributed by atoms with Gasteiger partial charge in [0.15, 0.2) is 0 Å². The monoisotopic (exact) mass is 215 g/mol. The number of nitrogens with one attached hydrogen (secondary N) is 1. The van der Waals surface area contributed by atoms with Crippen LogP contribution in [0.2, 0.25) is 32.7 Å². The fourth-order valence-corrected chi connectivity index (χ4v) is 13.1. The summed E-state index contributed by atoms with van der Waals surface area (Å²) in [5.74, 6) is 0. The summed E-state index contributed by atoms with van der Waals surface area (Å²) in [6.07, 6.45) is 0. The lowest BCUT2D eigenvalue weighted by Gasteiger charge is -2.39. The molecule has 0 saturated carbocycles. The van der Waals surface area contributed by atoms with E-state index in [4.69, 9.17) is 0 Å². The first kappa shape index (κ1) is 13.1. The average Bonchev–Trinajstić information content (AvgIpc) is 1.98. The van der Waals surface area contributed by atoms with Crippen molar-refractivity contribution >= 4 is 16.1 Å². The maximum atomic E-state index is 3.99. The predicted octanol–water partition coefficient (Wildman–Crippen LogP) is 2.81. The lowest BCUT2D eigenvalue weighted by Crippen LogP contribution is -2.62. The van der Waals surface area contributed by atoms with Crippen LogP contribution in [0.4, 0.5) is 0 Å². The highest BCUT2D eigenvalue weighted by Crippen LogP contribution is 2.19. The van der Waals surface area contributed by atoms with Crippen molar-refractivity contribution < 1.29 is 0 Å². The van der Waals surface area contributed by atoms with Crippen LogP contribution in [0.25, 0.3) is 0 Å². The molecule has 78 valence electrons. The van der Waals surface area contributed by atoms with Gasteiger partial charge in [0, 0.05) is 0 Å². The first-order valence-corrected chi connectivity index (χ1v) is 11.9. The molecule has 1 nitrogen and oxygen atoms in total. The summed E-state index contributed by atoms with van der Waals surface area (Å²) in [4.78, 5) is 0. The van der Waals surface area contributed by atoms with E-state index in [1.807, 2.05) is 0 Å². The Morgan fingerprint density at radius 3 is 1.92 bits per heavy atom. The fourth-order valence-electron chi connectivity index (χ4n) is 2.01. The van der Waals surface area contributed by atoms with E-state index in [2.05, 4.69) is 57.3 Å². The van der Waals surface area contributed by atoms with Gasteiger partial charge in [-0.25, -0.2) is 0 Å². The van der Waals surface area contributed by atoms with Crippen molar-refractivity contribution in [3.63, 3.8) is 0 Å². The summed E-state index contributed by atoms with van der Waals surface area (Å²) >= 11 is 0. The topological polar surface area (TPSA) is 12.0 Å². The number of rotatable bonds is 5. The molecule has 3 heteroatoms. The lowest BCUT2D eigenvalue weighted by molar-refractivity contribution is 0.758. The van der Waals surface area contributed by atoms with Crippen LogP contribution < -0.4 is 5.32 Å². The van der Waals surface area contributed by atoms with E-state index in [1.165, 1.54) is 0 Å². The van der Waals surface area contributed by atoms with Crippen LogP contribution in [-0.4, -0.2) is 28.0 Å². The quantitative estimate of drug-likeness (QED) is 0.696. The van der Waals surface area contributed by atoms with Gasteiger partial charge < -0.3 is 5.32 Å². The minimum absolute atomic E-state index is 0.752. The molecule has 0 fully saturated rings. The minimum atomic E-state index is -1.25. The Hall–Kier alpha value is 0.134. The highest BCUT2D eigenvalue weighted by Gasteiger charge is 2.37. The third-order valence-electron chi connectivity index (χ3n) is 2.54. The van der Waals surface area contributed by atoms with Gasteiger partial charge in [0.2, 0.25) is 0 Å². The van der Waals surface area contributed by atoms with Crippen LogP contribution in [0.5, 0.6) is 0 Å². The van der Waals surface area contributed by atoms with E-state index in [0.717, 1.165) is 11.8 Å². The van der Waals surface area contributed by atoms with Crippen molar-refractivity contribution in [3.05, 3.63) is 12.3 Å². The second-order valence-electron chi connectivity index (χ2n) is 5.38. The van der Waals surface area contributed by atoms with Gasteiger partial charge in [-0.2, -0.15) is 0 Å². The Morgan fingerprint density at radius 2 is 1.69 bits per heavy atom. The molecule has 0 heterocycles. The lowest BCUT2D eigenvalue weighted by atomic mass is 10.8. The summed E-state index contributed by atoms with van der Waals surface area (Å²) in [7, 11) is -2.33. The van der Waals surface area contributed by atoms with Crippen molar-refractivity contribution in [1.82, 2.24) is 5.32 Å². The molecule has 0 aromatic heterocycles. The summed E-state index contributed by atoms with van der Waals surface area (Å²) in [5.41, 5.74) is 2.22. The molecular weight excluding hydrogens is 190 g/mol. The molecule has 0 radical (unpaired) electrons. The predicted molar refractivity (Wildman–Crippen MR) is 68.5 cm³/mol. The number of hydrogen-bond donors (Lipinski definition) is 1. The van der Waals surface area contributed by atoms with E-state index in [0.29, 0.717) is 0 Å². The van der Waals surface area contributed by atoms with E-state index in [-0.39, 0.29) is 0 Å². The van der Waals surface area contributed by atoms with Crippen LogP contribution in [0.15, 0.2) is 12.3 Å². The average molecular weight is 215 g/mol. The smallest absolute Gasteiger partial charge is 0.0854 e. The van der Waals surface area contributed by atoms with Crippen molar-refractivity contribution in [2.75, 3.05) is 6.54 Å². The fraction of sp³-hybridized carbons (Fsp3) is 0.800. The highest BCUT2D eigenvalue weighted by atomic mass is 28.4. The molecule has 0 aliphatic carbocycles. The third-order valence-corrected chi connectivity index (χ3v) is 12.1. The van der Waals surface area contributed by atoms with Crippen molar-refractivity contribution in [3.8, 4) is 0 Å². The molecule has 0 aliphatic heterocycles. The summed E-state index contributed by atoms with van der Waals surface area (Å²) < 4.78 is 0. The summed E-state index contributed by atoms with van der Waals surface area (Å²) in [5, 5.41) is 4.42. The maximum Gasteiger partial charge on any atom is 0.0854 e. The molecule has 0 rings (SSSR count). The first-order chi connectivity index (χ1) is 5.75. The zero-order valence-corrected chi connectivity index (χ0v) is 12.1. The number of hydrogen-bond acceptors (Lipinski definition) is 1. The standard InChI is InChI=1S/C10H25NSi2/c1-8-11-10(12(3,4)5)13(6,7)9-2/h9-11H,2,8H2,1,3-7H3. The molecule has 1 N–H and O–H groups in total. The minimum Gasteiger partial charge on any atom is -0.319 e. The SMILES string of the molecule is C=C[Si](C)(C)C(NCC)[Si](C)(C)C. The van der Waals surface area contributed by atoms with E-state index in [9.17, 15) is 0 Å². The van der Waals surface area contributed by atoms with Gasteiger partial charge in [-0.1, -0.05) is 39.7 Å². The Kier molecular flexibility index (Phi) is 4.62. The first-order valence-electron chi connectivity index (χ1n) is 5.12. The van der Waals surface area contributed by atoms with Crippen molar-refractivity contribution in [2.45, 2.75) is 44.9 Å². The maximum absolute atomic E-state index is 3.99. The van der Waals surface area contributed by atoms with Gasteiger partial charge in [-0.15, -0.1) is 12.3 Å². The summed E-state index contributed by atoms with van der Waals surface area (Å²) in [6, 6.07) is 0. The normalized spacial score (nSPS) is 15.5. The molecule has 13 heavy (non-hydrogen) atoms. The van der Waals surface area contributed by atoms with Gasteiger partial charge in [0.05, 0.1) is 16.1 Å². The largest absolute Gasteiger partial charge is 0.319 e. The van der Waals surface area contributed by atoms with Gasteiger partial charge in [0.25, 0.3) is 0 Å². The molecule has 1 unspecified atom stereocenters. The second-order valence-corrected chi connectivity index (χ2v) is 15.9. The van der Waals surface area contributed by atoms with E-state index < -0.39 is 16.1 Å². The summed E-state index contributed by atoms with van der Waals surface area (Å²) in [6.45, 7) is 19.4. The molecule has 0 spiro atoms.